The fourth-order valence-corrected chi connectivity index (χ4v) is 4.17. The Balaban J connectivity index is 1.57. The average Bonchev–Trinajstić information content (AvgIpc) is 3.19. The Bertz CT molecular complexity index is 765. The van der Waals surface area contributed by atoms with Gasteiger partial charge in [0, 0.05) is 31.1 Å². The quantitative estimate of drug-likeness (QED) is 0.731. The van der Waals surface area contributed by atoms with Crippen molar-refractivity contribution >= 4 is 11.3 Å². The summed E-state index contributed by atoms with van der Waals surface area (Å²) in [6, 6.07) is 23.2. The second-order valence-electron chi connectivity index (χ2n) is 6.19. The van der Waals surface area contributed by atoms with Gasteiger partial charge in [-0.1, -0.05) is 36.4 Å². The van der Waals surface area contributed by atoms with Crippen LogP contribution in [0, 0.1) is 0 Å². The van der Waals surface area contributed by atoms with Crippen molar-refractivity contribution in [3.63, 3.8) is 0 Å². The van der Waals surface area contributed by atoms with Crippen LogP contribution in [0.5, 0.6) is 11.5 Å². The monoisotopic (exact) mass is 350 g/mol. The highest BCUT2D eigenvalue weighted by Crippen LogP contribution is 2.33. The third kappa shape index (κ3) is 3.93. The molecule has 1 aliphatic rings. The first-order valence-electron chi connectivity index (χ1n) is 8.71. The van der Waals surface area contributed by atoms with E-state index in [4.69, 9.17) is 4.74 Å². The number of nitrogens with one attached hydrogen (secondary N) is 1. The molecule has 25 heavy (non-hydrogen) atoms. The van der Waals surface area contributed by atoms with Gasteiger partial charge in [0.25, 0.3) is 0 Å². The molecule has 4 heteroatoms. The molecule has 0 spiro atoms. The molecule has 0 aliphatic carbocycles. The number of ether oxygens (including phenoxy) is 1. The molecule has 1 atom stereocenters. The highest BCUT2D eigenvalue weighted by Gasteiger charge is 2.24. The van der Waals surface area contributed by atoms with E-state index in [-0.39, 0.29) is 0 Å². The molecule has 128 valence electrons. The lowest BCUT2D eigenvalue weighted by molar-refractivity contribution is 0.200. The van der Waals surface area contributed by atoms with E-state index in [1.54, 1.807) is 0 Å². The van der Waals surface area contributed by atoms with Crippen molar-refractivity contribution in [2.24, 2.45) is 0 Å². The zero-order chi connectivity index (χ0) is 16.9. The van der Waals surface area contributed by atoms with Crippen LogP contribution in [0.1, 0.15) is 16.5 Å². The van der Waals surface area contributed by atoms with Crippen LogP contribution in [0.15, 0.2) is 72.1 Å². The first-order valence-corrected chi connectivity index (χ1v) is 9.59. The Morgan fingerprint density at radius 1 is 0.840 bits per heavy atom. The van der Waals surface area contributed by atoms with Gasteiger partial charge in [0.1, 0.15) is 11.5 Å². The van der Waals surface area contributed by atoms with Crippen molar-refractivity contribution in [3.05, 3.63) is 82.6 Å². The van der Waals surface area contributed by atoms with Gasteiger partial charge in [-0.3, -0.25) is 4.90 Å². The number of para-hydroxylation sites is 1. The molecule has 0 unspecified atom stereocenters. The van der Waals surface area contributed by atoms with Crippen molar-refractivity contribution in [3.8, 4) is 11.5 Å². The van der Waals surface area contributed by atoms with Crippen LogP contribution in [0.2, 0.25) is 0 Å². The van der Waals surface area contributed by atoms with Crippen LogP contribution < -0.4 is 10.1 Å². The van der Waals surface area contributed by atoms with E-state index in [2.05, 4.69) is 52.0 Å². The Morgan fingerprint density at radius 2 is 1.56 bits per heavy atom. The van der Waals surface area contributed by atoms with E-state index in [0.717, 1.165) is 37.7 Å². The molecule has 1 N–H and O–H groups in total. The molecule has 2 aromatic carbocycles. The van der Waals surface area contributed by atoms with Gasteiger partial charge < -0.3 is 10.1 Å². The van der Waals surface area contributed by atoms with E-state index < -0.39 is 0 Å². The summed E-state index contributed by atoms with van der Waals surface area (Å²) in [6.45, 7) is 4.25. The number of thiophene rings is 1. The molecule has 0 radical (unpaired) electrons. The molecular weight excluding hydrogens is 328 g/mol. The highest BCUT2D eigenvalue weighted by molar-refractivity contribution is 7.10. The van der Waals surface area contributed by atoms with E-state index >= 15 is 0 Å². The Labute approximate surface area is 152 Å². The van der Waals surface area contributed by atoms with E-state index in [1.165, 1.54) is 10.4 Å². The number of hydrogen-bond donors (Lipinski definition) is 1. The summed E-state index contributed by atoms with van der Waals surface area (Å²) in [5, 5.41) is 5.61. The fraction of sp³-hybridized carbons (Fsp3) is 0.238. The van der Waals surface area contributed by atoms with Crippen molar-refractivity contribution in [1.29, 1.82) is 0 Å². The molecule has 0 saturated carbocycles. The first kappa shape index (κ1) is 16.3. The topological polar surface area (TPSA) is 24.5 Å². The smallest absolute Gasteiger partial charge is 0.127 e. The normalized spacial score (nSPS) is 16.5. The summed E-state index contributed by atoms with van der Waals surface area (Å²) in [5.41, 5.74) is 1.32. The zero-order valence-electron chi connectivity index (χ0n) is 14.1. The van der Waals surface area contributed by atoms with Crippen LogP contribution in [0.25, 0.3) is 0 Å². The fourth-order valence-electron chi connectivity index (χ4n) is 3.28. The lowest BCUT2D eigenvalue weighted by Crippen LogP contribution is -2.45. The summed E-state index contributed by atoms with van der Waals surface area (Å²) in [4.78, 5) is 3.97. The maximum absolute atomic E-state index is 5.93. The van der Waals surface area contributed by atoms with Crippen LogP contribution in [-0.4, -0.2) is 31.1 Å². The molecule has 1 aliphatic heterocycles. The molecule has 0 bridgehead atoms. The second kappa shape index (κ2) is 7.83. The third-order valence-corrected chi connectivity index (χ3v) is 5.43. The van der Waals surface area contributed by atoms with E-state index in [9.17, 15) is 0 Å². The van der Waals surface area contributed by atoms with Crippen LogP contribution in [-0.2, 0) is 0 Å². The van der Waals surface area contributed by atoms with Crippen LogP contribution in [0.3, 0.4) is 0 Å². The van der Waals surface area contributed by atoms with E-state index in [1.807, 2.05) is 41.7 Å². The molecule has 4 rings (SSSR count). The minimum absolute atomic E-state index is 0.327. The second-order valence-corrected chi connectivity index (χ2v) is 7.17. The SMILES string of the molecule is c1ccc(Oc2ccc([C@H](c3cccs3)N3CCNCC3)cc2)cc1. The number of rotatable bonds is 5. The number of hydrogen-bond acceptors (Lipinski definition) is 4. The molecule has 2 heterocycles. The van der Waals surface area contributed by atoms with Gasteiger partial charge in [-0.25, -0.2) is 0 Å². The molecule has 1 saturated heterocycles. The molecular formula is C21H22N2OS. The van der Waals surface area contributed by atoms with Gasteiger partial charge in [-0.15, -0.1) is 11.3 Å². The zero-order valence-corrected chi connectivity index (χ0v) is 14.9. The van der Waals surface area contributed by atoms with Gasteiger partial charge in [0.05, 0.1) is 6.04 Å². The Kier molecular flexibility index (Phi) is 5.11. The van der Waals surface area contributed by atoms with Gasteiger partial charge in [-0.2, -0.15) is 0 Å². The molecule has 1 fully saturated rings. The lowest BCUT2D eigenvalue weighted by atomic mass is 10.0. The summed E-state index contributed by atoms with van der Waals surface area (Å²) in [5.74, 6) is 1.74. The van der Waals surface area contributed by atoms with Gasteiger partial charge in [-0.05, 0) is 41.3 Å². The Morgan fingerprint density at radius 3 is 2.24 bits per heavy atom. The number of nitrogens with zero attached hydrogens (tertiary/aromatic N) is 1. The van der Waals surface area contributed by atoms with Crippen molar-refractivity contribution in [2.75, 3.05) is 26.2 Å². The van der Waals surface area contributed by atoms with E-state index in [0.29, 0.717) is 6.04 Å². The Hall–Kier alpha value is -2.14. The van der Waals surface area contributed by atoms with Crippen LogP contribution in [0.4, 0.5) is 0 Å². The van der Waals surface area contributed by atoms with Gasteiger partial charge >= 0.3 is 0 Å². The lowest BCUT2D eigenvalue weighted by Gasteiger charge is -2.34. The van der Waals surface area contributed by atoms with Crippen molar-refractivity contribution in [2.45, 2.75) is 6.04 Å². The maximum Gasteiger partial charge on any atom is 0.127 e. The molecule has 3 nitrogen and oxygen atoms in total. The standard InChI is InChI=1S/C21H22N2OS/c1-2-5-18(6-3-1)24-19-10-8-17(9-11-19)21(20-7-4-16-25-20)23-14-12-22-13-15-23/h1-11,16,21-22H,12-15H2/t21-/m1/s1. The third-order valence-electron chi connectivity index (χ3n) is 4.50. The number of piperazine rings is 1. The minimum atomic E-state index is 0.327. The molecule has 0 amide bonds. The summed E-state index contributed by atoms with van der Waals surface area (Å²) >= 11 is 1.83. The minimum Gasteiger partial charge on any atom is -0.457 e. The maximum atomic E-state index is 5.93. The predicted molar refractivity (Wildman–Crippen MR) is 104 cm³/mol. The first-order chi connectivity index (χ1) is 12.4. The largest absolute Gasteiger partial charge is 0.457 e. The van der Waals surface area contributed by atoms with Crippen molar-refractivity contribution in [1.82, 2.24) is 10.2 Å². The number of benzene rings is 2. The highest BCUT2D eigenvalue weighted by atomic mass is 32.1. The summed E-state index contributed by atoms with van der Waals surface area (Å²) in [7, 11) is 0. The average molecular weight is 350 g/mol. The summed E-state index contributed by atoms with van der Waals surface area (Å²) < 4.78 is 5.93. The molecule has 3 aromatic rings. The van der Waals surface area contributed by atoms with Gasteiger partial charge in [0.2, 0.25) is 0 Å². The van der Waals surface area contributed by atoms with Crippen LogP contribution >= 0.6 is 11.3 Å². The van der Waals surface area contributed by atoms with Gasteiger partial charge in [0.15, 0.2) is 0 Å². The summed E-state index contributed by atoms with van der Waals surface area (Å²) in [6.07, 6.45) is 0. The molecule has 1 aromatic heterocycles. The predicted octanol–water partition coefficient (Wildman–Crippen LogP) is 4.54. The van der Waals surface area contributed by atoms with Crippen molar-refractivity contribution < 1.29 is 4.74 Å².